The van der Waals surface area contributed by atoms with E-state index in [1.807, 2.05) is 0 Å². The van der Waals surface area contributed by atoms with E-state index in [0.717, 1.165) is 5.52 Å². The molecule has 7 rings (SSSR count). The third-order valence-electron chi connectivity index (χ3n) is 7.03. The van der Waals surface area contributed by atoms with E-state index in [9.17, 15) is 0 Å². The van der Waals surface area contributed by atoms with Crippen molar-refractivity contribution in [2.45, 2.75) is 0 Å². The maximum absolute atomic E-state index is 3.81. The molecule has 0 fully saturated rings. The molecule has 0 unspecified atom stereocenters. The van der Waals surface area contributed by atoms with E-state index in [2.05, 4.69) is 138 Å². The maximum atomic E-state index is 3.81. The molecule has 1 heteroatoms. The highest BCUT2D eigenvalue weighted by atomic mass is 14.7. The van der Waals surface area contributed by atoms with Gasteiger partial charge in [0.1, 0.15) is 0 Å². The molecule has 1 nitrogen and oxygen atoms in total. The van der Waals surface area contributed by atoms with E-state index >= 15 is 0 Å². The highest BCUT2D eigenvalue weighted by Gasteiger charge is 2.18. The largest absolute Gasteiger partial charge is 0.354 e. The molecule has 0 aliphatic carbocycles. The number of fused-ring (bicyclic) bond motifs is 4. The van der Waals surface area contributed by atoms with Crippen molar-refractivity contribution in [3.8, 4) is 33.4 Å². The summed E-state index contributed by atoms with van der Waals surface area (Å²) in [5, 5.41) is 5.08. The zero-order chi connectivity index (χ0) is 23.2. The summed E-state index contributed by atoms with van der Waals surface area (Å²) in [6.45, 7) is 0. The second-order valence-corrected chi connectivity index (χ2v) is 9.02. The predicted molar refractivity (Wildman–Crippen MR) is 150 cm³/mol. The van der Waals surface area contributed by atoms with Gasteiger partial charge in [-0.25, -0.2) is 0 Å². The summed E-state index contributed by atoms with van der Waals surface area (Å²) in [7, 11) is 0. The molecular weight excluding hydrogens is 422 g/mol. The van der Waals surface area contributed by atoms with Gasteiger partial charge in [0.25, 0.3) is 0 Å². The number of H-pyrrole nitrogens is 1. The standard InChI is InChI=1S/C34H23N/c1-3-11-24(12-4-1)27-18-10-20-31-32(27)33-30(29-19-9-16-23-15-7-8-17-26(23)29)22-21-28(34(33)35-31)25-13-5-2-6-14-25/h1-22,35H. The van der Waals surface area contributed by atoms with Crippen molar-refractivity contribution >= 4 is 32.6 Å². The van der Waals surface area contributed by atoms with Gasteiger partial charge in [-0.3, -0.25) is 0 Å². The van der Waals surface area contributed by atoms with Crippen molar-refractivity contribution < 1.29 is 0 Å². The van der Waals surface area contributed by atoms with Crippen LogP contribution >= 0.6 is 0 Å². The van der Waals surface area contributed by atoms with Crippen LogP contribution in [0.5, 0.6) is 0 Å². The lowest BCUT2D eigenvalue weighted by Gasteiger charge is -2.13. The van der Waals surface area contributed by atoms with Crippen molar-refractivity contribution in [2.75, 3.05) is 0 Å². The van der Waals surface area contributed by atoms with E-state index in [4.69, 9.17) is 0 Å². The SMILES string of the molecule is c1ccc(-c2ccc(-c3cccc4ccccc34)c3c2[nH]c2cccc(-c4ccccc4)c23)cc1. The summed E-state index contributed by atoms with van der Waals surface area (Å²) in [5.41, 5.74) is 9.78. The Morgan fingerprint density at radius 3 is 1.77 bits per heavy atom. The molecule has 1 heterocycles. The predicted octanol–water partition coefficient (Wildman–Crippen LogP) is 9.48. The topological polar surface area (TPSA) is 15.8 Å². The van der Waals surface area contributed by atoms with Gasteiger partial charge < -0.3 is 4.98 Å². The summed E-state index contributed by atoms with van der Waals surface area (Å²) in [6, 6.07) is 47.8. The molecule has 0 saturated heterocycles. The van der Waals surface area contributed by atoms with Crippen molar-refractivity contribution in [3.63, 3.8) is 0 Å². The fraction of sp³-hybridized carbons (Fsp3) is 0. The summed E-state index contributed by atoms with van der Waals surface area (Å²) < 4.78 is 0. The molecule has 0 aliphatic rings. The van der Waals surface area contributed by atoms with Gasteiger partial charge in [0, 0.05) is 21.9 Å². The average Bonchev–Trinajstić information content (AvgIpc) is 3.33. The van der Waals surface area contributed by atoms with E-state index in [-0.39, 0.29) is 0 Å². The zero-order valence-electron chi connectivity index (χ0n) is 19.2. The Labute approximate surface area is 204 Å². The normalized spacial score (nSPS) is 11.4. The first-order chi connectivity index (χ1) is 17.4. The second kappa shape index (κ2) is 8.00. The summed E-state index contributed by atoms with van der Waals surface area (Å²) in [4.78, 5) is 3.81. The van der Waals surface area contributed by atoms with E-state index in [0.29, 0.717) is 0 Å². The van der Waals surface area contributed by atoms with Gasteiger partial charge in [0.05, 0.1) is 5.52 Å². The molecule has 164 valence electrons. The number of hydrogen-bond acceptors (Lipinski definition) is 0. The van der Waals surface area contributed by atoms with Crippen LogP contribution < -0.4 is 0 Å². The van der Waals surface area contributed by atoms with Crippen LogP contribution in [0.15, 0.2) is 133 Å². The molecule has 1 aromatic heterocycles. The number of nitrogens with one attached hydrogen (secondary N) is 1. The molecule has 0 saturated carbocycles. The molecule has 0 atom stereocenters. The van der Waals surface area contributed by atoms with Crippen LogP contribution in [-0.4, -0.2) is 4.98 Å². The molecular formula is C34H23N. The van der Waals surface area contributed by atoms with Crippen LogP contribution in [0.2, 0.25) is 0 Å². The number of aromatic nitrogens is 1. The first-order valence-electron chi connectivity index (χ1n) is 12.0. The Kier molecular flexibility index (Phi) is 4.53. The number of benzene rings is 6. The van der Waals surface area contributed by atoms with Crippen molar-refractivity contribution in [2.24, 2.45) is 0 Å². The van der Waals surface area contributed by atoms with Gasteiger partial charge in [-0.1, -0.05) is 127 Å². The molecule has 0 aliphatic heterocycles. The van der Waals surface area contributed by atoms with E-state index in [1.54, 1.807) is 0 Å². The molecule has 0 radical (unpaired) electrons. The smallest absolute Gasteiger partial charge is 0.0551 e. The Hall–Kier alpha value is -4.62. The van der Waals surface area contributed by atoms with Crippen LogP contribution in [0.4, 0.5) is 0 Å². The van der Waals surface area contributed by atoms with Crippen molar-refractivity contribution in [3.05, 3.63) is 133 Å². The van der Waals surface area contributed by atoms with Gasteiger partial charge >= 0.3 is 0 Å². The minimum Gasteiger partial charge on any atom is -0.354 e. The number of rotatable bonds is 3. The lowest BCUT2D eigenvalue weighted by atomic mass is 9.90. The van der Waals surface area contributed by atoms with Crippen molar-refractivity contribution in [1.29, 1.82) is 0 Å². The first kappa shape index (κ1) is 19.8. The molecule has 0 bridgehead atoms. The van der Waals surface area contributed by atoms with Gasteiger partial charge in [-0.2, -0.15) is 0 Å². The lowest BCUT2D eigenvalue weighted by Crippen LogP contribution is -1.87. The average molecular weight is 446 g/mol. The zero-order valence-corrected chi connectivity index (χ0v) is 19.2. The first-order valence-corrected chi connectivity index (χ1v) is 12.0. The highest BCUT2D eigenvalue weighted by Crippen LogP contribution is 2.44. The molecule has 6 aromatic carbocycles. The van der Waals surface area contributed by atoms with Crippen LogP contribution in [0, 0.1) is 0 Å². The third kappa shape index (κ3) is 3.17. The monoisotopic (exact) mass is 445 g/mol. The van der Waals surface area contributed by atoms with Crippen molar-refractivity contribution in [1.82, 2.24) is 4.98 Å². The summed E-state index contributed by atoms with van der Waals surface area (Å²) >= 11 is 0. The molecule has 1 N–H and O–H groups in total. The quantitative estimate of drug-likeness (QED) is 0.279. The second-order valence-electron chi connectivity index (χ2n) is 9.02. The lowest BCUT2D eigenvalue weighted by molar-refractivity contribution is 1.53. The fourth-order valence-corrected chi connectivity index (χ4v) is 5.45. The Balaban J connectivity index is 1.66. The number of aromatic amines is 1. The Morgan fingerprint density at radius 2 is 0.971 bits per heavy atom. The van der Waals surface area contributed by atoms with Crippen LogP contribution in [-0.2, 0) is 0 Å². The summed E-state index contributed by atoms with van der Waals surface area (Å²) in [5.74, 6) is 0. The van der Waals surface area contributed by atoms with Crippen LogP contribution in [0.1, 0.15) is 0 Å². The maximum Gasteiger partial charge on any atom is 0.0551 e. The third-order valence-corrected chi connectivity index (χ3v) is 7.03. The van der Waals surface area contributed by atoms with E-state index in [1.165, 1.54) is 60.4 Å². The number of hydrogen-bond donors (Lipinski definition) is 1. The van der Waals surface area contributed by atoms with Gasteiger partial charge in [0.15, 0.2) is 0 Å². The fourth-order valence-electron chi connectivity index (χ4n) is 5.45. The highest BCUT2D eigenvalue weighted by molar-refractivity contribution is 6.23. The Morgan fingerprint density at radius 1 is 0.371 bits per heavy atom. The van der Waals surface area contributed by atoms with Gasteiger partial charge in [-0.15, -0.1) is 0 Å². The minimum atomic E-state index is 1.16. The molecule has 7 aromatic rings. The van der Waals surface area contributed by atoms with Gasteiger partial charge in [-0.05, 0) is 44.7 Å². The van der Waals surface area contributed by atoms with E-state index < -0.39 is 0 Å². The summed E-state index contributed by atoms with van der Waals surface area (Å²) in [6.07, 6.45) is 0. The Bertz CT molecular complexity index is 1820. The minimum absolute atomic E-state index is 1.16. The molecule has 0 spiro atoms. The van der Waals surface area contributed by atoms with Gasteiger partial charge in [0.2, 0.25) is 0 Å². The van der Waals surface area contributed by atoms with Crippen LogP contribution in [0.25, 0.3) is 66.0 Å². The molecule has 0 amide bonds. The molecule has 35 heavy (non-hydrogen) atoms. The van der Waals surface area contributed by atoms with Crippen LogP contribution in [0.3, 0.4) is 0 Å².